The summed E-state index contributed by atoms with van der Waals surface area (Å²) in [6, 6.07) is 0. The van der Waals surface area contributed by atoms with Crippen LogP contribution in [0.1, 0.15) is 213 Å². The highest BCUT2D eigenvalue weighted by Crippen LogP contribution is 2.10. The Morgan fingerprint density at radius 2 is 0.577 bits per heavy atom. The summed E-state index contributed by atoms with van der Waals surface area (Å²) in [6.45, 7) is 6.31. The fourth-order valence-electron chi connectivity index (χ4n) is 6.83. The Balaban J connectivity index is 4.69. The summed E-state index contributed by atoms with van der Waals surface area (Å²) in [5.74, 6) is -1.16. The van der Waals surface area contributed by atoms with Crippen LogP contribution in [0.2, 0.25) is 0 Å². The zero-order chi connectivity index (χ0) is 51.4. The van der Waals surface area contributed by atoms with Gasteiger partial charge in [-0.1, -0.05) is 224 Å². The normalized spacial score (nSPS) is 13.3. The van der Waals surface area contributed by atoms with Crippen molar-refractivity contribution in [2.45, 2.75) is 219 Å². The molecule has 0 radical (unpaired) electrons. The van der Waals surface area contributed by atoms with E-state index in [0.29, 0.717) is 19.3 Å². The Hall–Kier alpha value is -4.97. The van der Waals surface area contributed by atoms with E-state index in [9.17, 15) is 14.4 Å². The zero-order valence-electron chi connectivity index (χ0n) is 45.2. The number of carbonyl (C=O) groups is 3. The molecule has 0 saturated carbocycles. The van der Waals surface area contributed by atoms with Gasteiger partial charge in [0.25, 0.3) is 0 Å². The van der Waals surface area contributed by atoms with E-state index in [1.165, 1.54) is 70.6 Å². The van der Waals surface area contributed by atoms with Gasteiger partial charge in [0, 0.05) is 19.3 Å². The molecule has 0 bridgehead atoms. The third kappa shape index (κ3) is 55.8. The van der Waals surface area contributed by atoms with E-state index >= 15 is 0 Å². The summed E-state index contributed by atoms with van der Waals surface area (Å²) < 4.78 is 16.7. The van der Waals surface area contributed by atoms with Gasteiger partial charge in [-0.25, -0.2) is 0 Å². The molecule has 0 aromatic heterocycles. The van der Waals surface area contributed by atoms with Gasteiger partial charge in [0.05, 0.1) is 0 Å². The molecule has 0 heterocycles. The van der Waals surface area contributed by atoms with E-state index in [1.807, 2.05) is 12.2 Å². The first-order chi connectivity index (χ1) is 35.0. The third-order valence-electron chi connectivity index (χ3n) is 11.0. The van der Waals surface area contributed by atoms with Crippen molar-refractivity contribution in [2.75, 3.05) is 13.2 Å². The molecular weight excluding hydrogens is 877 g/mol. The average molecular weight is 978 g/mol. The largest absolute Gasteiger partial charge is 0.462 e. The van der Waals surface area contributed by atoms with Crippen LogP contribution >= 0.6 is 0 Å². The molecule has 0 aromatic rings. The molecule has 6 nitrogen and oxygen atoms in total. The van der Waals surface area contributed by atoms with Crippen molar-refractivity contribution in [1.29, 1.82) is 0 Å². The van der Waals surface area contributed by atoms with Crippen LogP contribution in [0.25, 0.3) is 0 Å². The Morgan fingerprint density at radius 3 is 0.972 bits per heavy atom. The minimum Gasteiger partial charge on any atom is -0.462 e. The minimum absolute atomic E-state index is 0.157. The van der Waals surface area contributed by atoms with Gasteiger partial charge in [-0.3, -0.25) is 14.4 Å². The van der Waals surface area contributed by atoms with Gasteiger partial charge in [0.1, 0.15) is 13.2 Å². The standard InChI is InChI=1S/C65H100O6/c1-4-7-10-13-16-19-22-25-28-31-32-35-37-40-43-46-49-52-55-58-64(67)70-61-62(71-65(68)59-56-53-50-47-44-41-38-34-30-27-24-21-18-15-12-9-6-3)60-69-63(66)57-54-51-48-45-42-39-36-33-29-26-23-20-17-14-11-8-5-2/h7,10,16-17,19-20,25-30,32,35-36,38-41,43,45,47-50,52,62H,4-6,8-9,11-15,18,21-24,31,33-34,37,42,44,46,51,53-61H2,1-3H3/b10-7-,19-16-,20-17-,28-25-,29-26-,30-27-,35-32-,39-36-,41-38-,43-40-,48-45-,50-47-,52-49-/t62-/m0/s1. The lowest BCUT2D eigenvalue weighted by atomic mass is 10.1. The fraction of sp³-hybridized carbons (Fsp3) is 0.554. The summed E-state index contributed by atoms with van der Waals surface area (Å²) in [6.07, 6.45) is 84.0. The molecule has 6 heteroatoms. The maximum atomic E-state index is 12.8. The monoisotopic (exact) mass is 977 g/mol. The van der Waals surface area contributed by atoms with Crippen molar-refractivity contribution in [1.82, 2.24) is 0 Å². The van der Waals surface area contributed by atoms with Crippen LogP contribution in [-0.2, 0) is 28.6 Å². The number of allylic oxidation sites excluding steroid dienone is 26. The van der Waals surface area contributed by atoms with Crippen LogP contribution in [0.5, 0.6) is 0 Å². The van der Waals surface area contributed by atoms with Crippen LogP contribution in [0.3, 0.4) is 0 Å². The van der Waals surface area contributed by atoms with E-state index in [4.69, 9.17) is 14.2 Å². The molecule has 71 heavy (non-hydrogen) atoms. The van der Waals surface area contributed by atoms with Gasteiger partial charge in [-0.15, -0.1) is 0 Å². The van der Waals surface area contributed by atoms with Gasteiger partial charge in [0.15, 0.2) is 6.10 Å². The second kappa shape index (κ2) is 57.6. The highest BCUT2D eigenvalue weighted by atomic mass is 16.6. The molecule has 0 aromatic carbocycles. The first-order valence-corrected chi connectivity index (χ1v) is 28.0. The Labute approximate surface area is 435 Å². The second-order valence-electron chi connectivity index (χ2n) is 17.7. The summed E-state index contributed by atoms with van der Waals surface area (Å²) in [5, 5.41) is 0. The lowest BCUT2D eigenvalue weighted by Crippen LogP contribution is -2.30. The van der Waals surface area contributed by atoms with Crippen molar-refractivity contribution < 1.29 is 28.6 Å². The molecule has 0 amide bonds. The molecule has 0 aliphatic heterocycles. The molecule has 0 N–H and O–H groups in total. The van der Waals surface area contributed by atoms with Gasteiger partial charge >= 0.3 is 17.9 Å². The van der Waals surface area contributed by atoms with Gasteiger partial charge < -0.3 is 14.2 Å². The molecule has 0 spiro atoms. The Morgan fingerprint density at radius 1 is 0.296 bits per heavy atom. The van der Waals surface area contributed by atoms with Crippen LogP contribution < -0.4 is 0 Å². The second-order valence-corrected chi connectivity index (χ2v) is 17.7. The summed E-state index contributed by atoms with van der Waals surface area (Å²) in [5.41, 5.74) is 0. The maximum absolute atomic E-state index is 12.8. The van der Waals surface area contributed by atoms with E-state index in [-0.39, 0.29) is 44.4 Å². The summed E-state index contributed by atoms with van der Waals surface area (Å²) in [7, 11) is 0. The van der Waals surface area contributed by atoms with E-state index < -0.39 is 12.1 Å². The molecule has 0 aliphatic rings. The maximum Gasteiger partial charge on any atom is 0.306 e. The first-order valence-electron chi connectivity index (χ1n) is 28.0. The Kier molecular flexibility index (Phi) is 53.6. The molecule has 396 valence electrons. The van der Waals surface area contributed by atoms with Crippen molar-refractivity contribution in [2.24, 2.45) is 0 Å². The highest BCUT2D eigenvalue weighted by Gasteiger charge is 2.19. The predicted octanol–water partition coefficient (Wildman–Crippen LogP) is 19.0. The lowest BCUT2D eigenvalue weighted by molar-refractivity contribution is -0.166. The van der Waals surface area contributed by atoms with Crippen molar-refractivity contribution in [3.63, 3.8) is 0 Å². The molecule has 0 rings (SSSR count). The fourth-order valence-corrected chi connectivity index (χ4v) is 6.83. The topological polar surface area (TPSA) is 78.9 Å². The highest BCUT2D eigenvalue weighted by molar-refractivity contribution is 5.71. The molecule has 0 aliphatic carbocycles. The number of hydrogen-bond donors (Lipinski definition) is 0. The molecule has 0 saturated heterocycles. The smallest absolute Gasteiger partial charge is 0.306 e. The average Bonchev–Trinajstić information content (AvgIpc) is 3.37. The van der Waals surface area contributed by atoms with Gasteiger partial charge in [-0.05, 0) is 128 Å². The van der Waals surface area contributed by atoms with E-state index in [1.54, 1.807) is 0 Å². The van der Waals surface area contributed by atoms with E-state index in [0.717, 1.165) is 83.5 Å². The van der Waals surface area contributed by atoms with E-state index in [2.05, 4.69) is 167 Å². The van der Waals surface area contributed by atoms with Crippen LogP contribution in [0, 0.1) is 0 Å². The number of esters is 3. The summed E-state index contributed by atoms with van der Waals surface area (Å²) in [4.78, 5) is 38.1. The molecule has 0 fully saturated rings. The third-order valence-corrected chi connectivity index (χ3v) is 11.0. The van der Waals surface area contributed by atoms with Gasteiger partial charge in [-0.2, -0.15) is 0 Å². The van der Waals surface area contributed by atoms with Crippen LogP contribution in [0.15, 0.2) is 158 Å². The lowest BCUT2D eigenvalue weighted by Gasteiger charge is -2.18. The molecule has 1 atom stereocenters. The number of hydrogen-bond acceptors (Lipinski definition) is 6. The predicted molar refractivity (Wildman–Crippen MR) is 306 cm³/mol. The number of ether oxygens (including phenoxy) is 3. The van der Waals surface area contributed by atoms with Crippen LogP contribution in [-0.4, -0.2) is 37.2 Å². The first kappa shape index (κ1) is 66.0. The van der Waals surface area contributed by atoms with Crippen molar-refractivity contribution >= 4 is 17.9 Å². The summed E-state index contributed by atoms with van der Waals surface area (Å²) >= 11 is 0. The molecular formula is C65H100O6. The minimum atomic E-state index is -0.865. The molecule has 0 unspecified atom stereocenters. The Bertz CT molecular complexity index is 1640. The zero-order valence-corrected chi connectivity index (χ0v) is 45.2. The number of unbranched alkanes of at least 4 members (excludes halogenated alkanes) is 11. The van der Waals surface area contributed by atoms with Crippen molar-refractivity contribution in [3.8, 4) is 0 Å². The SMILES string of the molecule is CC/C=C\C/C=C\C/C=C\C/C=C\C/C=C\C/C=C\CCC(=O)OC[C@H](COC(=O)CCC/C=C\C/C=C\C/C=C\C/C=C\CCCCC)OC(=O)CCC/C=C\C/C=C\C/C=C\CCCCCCCC. The number of rotatable bonds is 48. The number of carbonyl (C=O) groups excluding carboxylic acids is 3. The van der Waals surface area contributed by atoms with Gasteiger partial charge in [0.2, 0.25) is 0 Å². The van der Waals surface area contributed by atoms with Crippen molar-refractivity contribution in [3.05, 3.63) is 158 Å². The quantitative estimate of drug-likeness (QED) is 0.0262. The van der Waals surface area contributed by atoms with Crippen LogP contribution in [0.4, 0.5) is 0 Å².